The second kappa shape index (κ2) is 9.16. The van der Waals surface area contributed by atoms with E-state index < -0.39 is 8.07 Å². The topological polar surface area (TPSA) is 4.93 Å². The minimum absolute atomic E-state index is 1.27. The standard InChI is InChI=1S/C41H29NSi/c1-42-37-26-24-28-13-8-9-18-32(28)40(37)36-21-12-20-33(41(36)42)29-23-25-35-34-19-10-11-22-38(34)43(39(35)27-29,30-14-4-2-5-15-30)31-16-6-3-7-17-31/h2-27H,1H3. The molecule has 202 valence electrons. The molecule has 0 spiro atoms. The van der Waals surface area contributed by atoms with Crippen molar-refractivity contribution >= 4 is 61.4 Å². The minimum Gasteiger partial charge on any atom is -0.343 e. The van der Waals surface area contributed by atoms with Gasteiger partial charge in [-0.05, 0) is 54.3 Å². The molecule has 1 aliphatic rings. The van der Waals surface area contributed by atoms with Crippen molar-refractivity contribution in [2.45, 2.75) is 0 Å². The number of aryl methyl sites for hydroxylation is 1. The number of hydrogen-bond acceptors (Lipinski definition) is 0. The van der Waals surface area contributed by atoms with Crippen LogP contribution in [0.3, 0.4) is 0 Å². The van der Waals surface area contributed by atoms with Gasteiger partial charge in [0.05, 0.1) is 5.52 Å². The first kappa shape index (κ1) is 24.4. The maximum atomic E-state index is 2.53. The van der Waals surface area contributed by atoms with E-state index >= 15 is 0 Å². The second-order valence-corrected chi connectivity index (χ2v) is 15.5. The van der Waals surface area contributed by atoms with Crippen LogP contribution in [0.1, 0.15) is 0 Å². The quantitative estimate of drug-likeness (QED) is 0.196. The summed E-state index contributed by atoms with van der Waals surface area (Å²) < 4.78 is 2.40. The Balaban J connectivity index is 1.38. The third-order valence-corrected chi connectivity index (χ3v) is 14.5. The van der Waals surface area contributed by atoms with Crippen LogP contribution in [0.4, 0.5) is 0 Å². The van der Waals surface area contributed by atoms with Crippen molar-refractivity contribution < 1.29 is 0 Å². The lowest BCUT2D eigenvalue weighted by atomic mass is 9.98. The summed E-state index contributed by atoms with van der Waals surface area (Å²) >= 11 is 0. The lowest BCUT2D eigenvalue weighted by Gasteiger charge is -2.31. The highest BCUT2D eigenvalue weighted by Crippen LogP contribution is 2.39. The van der Waals surface area contributed by atoms with Gasteiger partial charge in [-0.2, -0.15) is 0 Å². The molecule has 8 aromatic rings. The molecule has 0 N–H and O–H groups in total. The Labute approximate surface area is 252 Å². The third kappa shape index (κ3) is 3.27. The maximum Gasteiger partial charge on any atom is 0.180 e. The fourth-order valence-electron chi connectivity index (χ4n) is 7.89. The molecule has 0 radical (unpaired) electrons. The highest BCUT2D eigenvalue weighted by molar-refractivity contribution is 7.22. The van der Waals surface area contributed by atoms with Gasteiger partial charge in [0.25, 0.3) is 0 Å². The maximum absolute atomic E-state index is 2.55. The van der Waals surface area contributed by atoms with E-state index in [2.05, 4.69) is 169 Å². The molecule has 1 nitrogen and oxygen atoms in total. The van der Waals surface area contributed by atoms with Crippen molar-refractivity contribution in [3.05, 3.63) is 158 Å². The van der Waals surface area contributed by atoms with E-state index in [1.165, 1.54) is 75.6 Å². The summed E-state index contributed by atoms with van der Waals surface area (Å²) in [7, 11) is -0.325. The van der Waals surface area contributed by atoms with Gasteiger partial charge in [0.15, 0.2) is 8.07 Å². The Morgan fingerprint density at radius 3 is 1.88 bits per heavy atom. The second-order valence-electron chi connectivity index (χ2n) is 11.7. The molecular weight excluding hydrogens is 535 g/mol. The highest BCUT2D eigenvalue weighted by atomic mass is 28.3. The molecule has 0 atom stereocenters. The fraction of sp³-hybridized carbons (Fsp3) is 0.0244. The molecule has 0 aliphatic carbocycles. The van der Waals surface area contributed by atoms with Crippen molar-refractivity contribution in [1.82, 2.24) is 4.57 Å². The molecular formula is C41H29NSi. The average molecular weight is 564 g/mol. The molecule has 0 saturated heterocycles. The predicted octanol–water partition coefficient (Wildman–Crippen LogP) is 7.51. The van der Waals surface area contributed by atoms with Crippen LogP contribution in [0.5, 0.6) is 0 Å². The molecule has 0 fully saturated rings. The Bertz CT molecular complexity index is 2310. The zero-order valence-corrected chi connectivity index (χ0v) is 25.0. The van der Waals surface area contributed by atoms with Crippen molar-refractivity contribution in [1.29, 1.82) is 0 Å². The normalized spacial score (nSPS) is 13.4. The molecule has 0 saturated carbocycles. The smallest absolute Gasteiger partial charge is 0.180 e. The van der Waals surface area contributed by atoms with Crippen molar-refractivity contribution in [2.75, 3.05) is 0 Å². The van der Waals surface area contributed by atoms with Crippen molar-refractivity contribution in [3.63, 3.8) is 0 Å². The van der Waals surface area contributed by atoms with Crippen LogP contribution in [0, 0.1) is 0 Å². The molecule has 0 bridgehead atoms. The van der Waals surface area contributed by atoms with E-state index in [0.29, 0.717) is 0 Å². The fourth-order valence-corrected chi connectivity index (χ4v) is 13.1. The lowest BCUT2D eigenvalue weighted by Crippen LogP contribution is -2.72. The number of para-hydroxylation sites is 1. The van der Waals surface area contributed by atoms with Gasteiger partial charge < -0.3 is 4.57 Å². The zero-order valence-electron chi connectivity index (χ0n) is 24.0. The summed E-state index contributed by atoms with van der Waals surface area (Å²) in [5, 5.41) is 11.1. The van der Waals surface area contributed by atoms with Crippen molar-refractivity contribution in [2.24, 2.45) is 7.05 Å². The van der Waals surface area contributed by atoms with Gasteiger partial charge in [-0.25, -0.2) is 0 Å². The molecule has 43 heavy (non-hydrogen) atoms. The third-order valence-electron chi connectivity index (χ3n) is 9.68. The summed E-state index contributed by atoms with van der Waals surface area (Å²) in [6, 6.07) is 59.0. The first-order valence-corrected chi connectivity index (χ1v) is 17.0. The first-order chi connectivity index (χ1) is 21.3. The van der Waals surface area contributed by atoms with Crippen LogP contribution in [0.2, 0.25) is 0 Å². The molecule has 1 aliphatic heterocycles. The highest BCUT2D eigenvalue weighted by Gasteiger charge is 2.48. The Morgan fingerprint density at radius 1 is 0.465 bits per heavy atom. The first-order valence-electron chi connectivity index (χ1n) is 15.0. The summed E-state index contributed by atoms with van der Waals surface area (Å²) in [6.07, 6.45) is 0. The number of benzene rings is 7. The lowest BCUT2D eigenvalue weighted by molar-refractivity contribution is 1.02. The van der Waals surface area contributed by atoms with Gasteiger partial charge in [0.1, 0.15) is 0 Å². The van der Waals surface area contributed by atoms with E-state index in [4.69, 9.17) is 0 Å². The summed E-state index contributed by atoms with van der Waals surface area (Å²) in [5.74, 6) is 0. The zero-order chi connectivity index (χ0) is 28.5. The van der Waals surface area contributed by atoms with Gasteiger partial charge in [0, 0.05) is 28.9 Å². The van der Waals surface area contributed by atoms with Crippen LogP contribution in [-0.4, -0.2) is 12.6 Å². The van der Waals surface area contributed by atoms with Crippen LogP contribution < -0.4 is 20.7 Å². The van der Waals surface area contributed by atoms with Crippen LogP contribution in [0.25, 0.3) is 54.8 Å². The van der Waals surface area contributed by atoms with Crippen LogP contribution >= 0.6 is 0 Å². The molecule has 2 heterocycles. The molecule has 7 aromatic carbocycles. The van der Waals surface area contributed by atoms with Crippen molar-refractivity contribution in [3.8, 4) is 22.3 Å². The number of rotatable bonds is 3. The molecule has 0 amide bonds. The summed E-state index contributed by atoms with van der Waals surface area (Å²) in [6.45, 7) is 0. The Morgan fingerprint density at radius 2 is 1.09 bits per heavy atom. The molecule has 9 rings (SSSR count). The SMILES string of the molecule is Cn1c2ccc3ccccc3c2c2cccc(-c3ccc4c(c3)[Si](c3ccccc3)(c3ccccc3)c3ccccc3-4)c21. The molecule has 1 aromatic heterocycles. The summed E-state index contributed by atoms with van der Waals surface area (Å²) in [4.78, 5) is 0. The van der Waals surface area contributed by atoms with Gasteiger partial charge in [-0.1, -0.05) is 152 Å². The van der Waals surface area contributed by atoms with Gasteiger partial charge >= 0.3 is 0 Å². The Hall–Kier alpha value is -5.18. The van der Waals surface area contributed by atoms with Crippen LogP contribution in [-0.2, 0) is 7.05 Å². The minimum atomic E-state index is -2.55. The van der Waals surface area contributed by atoms with Gasteiger partial charge in [-0.15, -0.1) is 0 Å². The number of fused-ring (bicyclic) bond motifs is 8. The van der Waals surface area contributed by atoms with Gasteiger partial charge in [0.2, 0.25) is 0 Å². The largest absolute Gasteiger partial charge is 0.343 e. The van der Waals surface area contributed by atoms with E-state index in [-0.39, 0.29) is 0 Å². The van der Waals surface area contributed by atoms with Gasteiger partial charge in [-0.3, -0.25) is 0 Å². The number of aromatic nitrogens is 1. The Kier molecular flexibility index (Phi) is 5.20. The monoisotopic (exact) mass is 563 g/mol. The van der Waals surface area contributed by atoms with E-state index in [1.807, 2.05) is 0 Å². The average Bonchev–Trinajstić information content (AvgIpc) is 3.55. The number of nitrogens with zero attached hydrogens (tertiary/aromatic N) is 1. The number of hydrogen-bond donors (Lipinski definition) is 0. The van der Waals surface area contributed by atoms with Crippen LogP contribution in [0.15, 0.2) is 158 Å². The van der Waals surface area contributed by atoms with E-state index in [0.717, 1.165) is 0 Å². The van der Waals surface area contributed by atoms with E-state index in [1.54, 1.807) is 0 Å². The van der Waals surface area contributed by atoms with E-state index in [9.17, 15) is 0 Å². The molecule has 2 heteroatoms. The molecule has 0 unspecified atom stereocenters. The predicted molar refractivity (Wildman–Crippen MR) is 186 cm³/mol. The summed E-state index contributed by atoms with van der Waals surface area (Å²) in [5.41, 5.74) is 7.86.